The van der Waals surface area contributed by atoms with E-state index in [1.165, 1.54) is 24.0 Å². The number of carbonyl (C=O) groups is 1. The number of hydrogen-bond acceptors (Lipinski definition) is 1. The van der Waals surface area contributed by atoms with E-state index in [0.29, 0.717) is 0 Å². The van der Waals surface area contributed by atoms with Gasteiger partial charge in [0.05, 0.1) is 0 Å². The van der Waals surface area contributed by atoms with Gasteiger partial charge in [0.15, 0.2) is 0 Å². The third kappa shape index (κ3) is 2.18. The topological polar surface area (TPSA) is 41.1 Å². The van der Waals surface area contributed by atoms with E-state index in [0.717, 1.165) is 6.54 Å². The van der Waals surface area contributed by atoms with Crippen molar-refractivity contribution in [3.8, 4) is 0 Å². The highest BCUT2D eigenvalue weighted by molar-refractivity contribution is 5.73. The first-order valence-electron chi connectivity index (χ1n) is 5.69. The summed E-state index contributed by atoms with van der Waals surface area (Å²) in [5.74, 6) is 0. The molecule has 1 aromatic rings. The Hall–Kier alpha value is -1.51. The van der Waals surface area contributed by atoms with Gasteiger partial charge in [0, 0.05) is 19.0 Å². The Labute approximate surface area is 96.2 Å². The van der Waals surface area contributed by atoms with E-state index in [4.69, 9.17) is 0 Å². The van der Waals surface area contributed by atoms with Crippen LogP contribution >= 0.6 is 0 Å². The second-order valence-corrected chi connectivity index (χ2v) is 4.58. The summed E-state index contributed by atoms with van der Waals surface area (Å²) in [7, 11) is 1.64. The van der Waals surface area contributed by atoms with E-state index in [9.17, 15) is 4.79 Å². The van der Waals surface area contributed by atoms with E-state index in [-0.39, 0.29) is 11.4 Å². The smallest absolute Gasteiger partial charge is 0.314 e. The Morgan fingerprint density at radius 3 is 2.44 bits per heavy atom. The molecule has 0 aliphatic heterocycles. The van der Waals surface area contributed by atoms with Gasteiger partial charge in [-0.05, 0) is 25.3 Å². The quantitative estimate of drug-likeness (QED) is 0.800. The van der Waals surface area contributed by atoms with Crippen LogP contribution in [-0.4, -0.2) is 19.6 Å². The van der Waals surface area contributed by atoms with Crippen molar-refractivity contribution in [3.63, 3.8) is 0 Å². The van der Waals surface area contributed by atoms with E-state index in [2.05, 4.69) is 41.8 Å². The minimum atomic E-state index is -0.0987. The maximum atomic E-state index is 11.1. The third-order valence-corrected chi connectivity index (χ3v) is 3.33. The average Bonchev–Trinajstić information content (AvgIpc) is 3.08. The molecule has 1 fully saturated rings. The van der Waals surface area contributed by atoms with Gasteiger partial charge in [0.25, 0.3) is 0 Å². The highest BCUT2D eigenvalue weighted by Gasteiger charge is 2.44. The first-order valence-corrected chi connectivity index (χ1v) is 5.69. The van der Waals surface area contributed by atoms with E-state index >= 15 is 0 Å². The fourth-order valence-corrected chi connectivity index (χ4v) is 1.96. The molecule has 2 amide bonds. The first-order chi connectivity index (χ1) is 7.66. The molecule has 3 heteroatoms. The molecule has 1 saturated carbocycles. The predicted molar refractivity (Wildman–Crippen MR) is 64.5 cm³/mol. The number of carbonyl (C=O) groups excluding carboxylic acids is 1. The fourth-order valence-electron chi connectivity index (χ4n) is 1.96. The molecule has 0 aromatic heterocycles. The average molecular weight is 218 g/mol. The lowest BCUT2D eigenvalue weighted by molar-refractivity contribution is 0.242. The van der Waals surface area contributed by atoms with Crippen LogP contribution in [0.4, 0.5) is 4.79 Å². The third-order valence-electron chi connectivity index (χ3n) is 3.33. The summed E-state index contributed by atoms with van der Waals surface area (Å²) in [4.78, 5) is 11.1. The van der Waals surface area contributed by atoms with Crippen LogP contribution in [0.1, 0.15) is 24.0 Å². The predicted octanol–water partition coefficient (Wildman–Crippen LogP) is 1.96. The van der Waals surface area contributed by atoms with Gasteiger partial charge in [-0.3, -0.25) is 0 Å². The van der Waals surface area contributed by atoms with Gasteiger partial charge in [0.1, 0.15) is 0 Å². The molecule has 1 aliphatic carbocycles. The minimum Gasteiger partial charge on any atom is -0.341 e. The van der Waals surface area contributed by atoms with Crippen molar-refractivity contribution in [2.24, 2.45) is 0 Å². The number of hydrogen-bond donors (Lipinski definition) is 2. The molecule has 0 radical (unpaired) electrons. The number of nitrogens with one attached hydrogen (secondary N) is 2. The van der Waals surface area contributed by atoms with Crippen molar-refractivity contribution >= 4 is 6.03 Å². The van der Waals surface area contributed by atoms with Crippen molar-refractivity contribution in [1.82, 2.24) is 10.6 Å². The second-order valence-electron chi connectivity index (χ2n) is 4.58. The summed E-state index contributed by atoms with van der Waals surface area (Å²) >= 11 is 0. The van der Waals surface area contributed by atoms with E-state index < -0.39 is 0 Å². The fraction of sp³-hybridized carbons (Fsp3) is 0.462. The zero-order valence-corrected chi connectivity index (χ0v) is 9.84. The van der Waals surface area contributed by atoms with Gasteiger partial charge in [-0.25, -0.2) is 4.79 Å². The SMILES string of the molecule is CNC(=O)NCC1(c2ccc(C)cc2)CC1. The summed E-state index contributed by atoms with van der Waals surface area (Å²) in [6.07, 6.45) is 2.33. The van der Waals surface area contributed by atoms with E-state index in [1.54, 1.807) is 7.05 Å². The van der Waals surface area contributed by atoms with Gasteiger partial charge < -0.3 is 10.6 Å². The van der Waals surface area contributed by atoms with Crippen LogP contribution in [0, 0.1) is 6.92 Å². The van der Waals surface area contributed by atoms with Crippen LogP contribution < -0.4 is 10.6 Å². The summed E-state index contributed by atoms with van der Waals surface area (Å²) < 4.78 is 0. The molecule has 2 rings (SSSR count). The molecule has 0 spiro atoms. The zero-order valence-electron chi connectivity index (χ0n) is 9.84. The van der Waals surface area contributed by atoms with Crippen LogP contribution in [0.25, 0.3) is 0 Å². The summed E-state index contributed by atoms with van der Waals surface area (Å²) in [5, 5.41) is 5.47. The van der Waals surface area contributed by atoms with E-state index in [1.807, 2.05) is 0 Å². The monoisotopic (exact) mass is 218 g/mol. The molecule has 0 unspecified atom stereocenters. The molecule has 16 heavy (non-hydrogen) atoms. The van der Waals surface area contributed by atoms with Crippen molar-refractivity contribution in [3.05, 3.63) is 35.4 Å². The van der Waals surface area contributed by atoms with Crippen molar-refractivity contribution in [2.45, 2.75) is 25.2 Å². The van der Waals surface area contributed by atoms with Crippen LogP contribution in [0.5, 0.6) is 0 Å². The van der Waals surface area contributed by atoms with Crippen LogP contribution in [-0.2, 0) is 5.41 Å². The molecule has 0 bridgehead atoms. The zero-order chi connectivity index (χ0) is 11.6. The Morgan fingerprint density at radius 2 is 1.94 bits per heavy atom. The molecule has 0 saturated heterocycles. The number of amides is 2. The molecule has 0 atom stereocenters. The van der Waals surface area contributed by atoms with Gasteiger partial charge in [-0.2, -0.15) is 0 Å². The van der Waals surface area contributed by atoms with Crippen LogP contribution in [0.2, 0.25) is 0 Å². The van der Waals surface area contributed by atoms with Crippen molar-refractivity contribution in [2.75, 3.05) is 13.6 Å². The van der Waals surface area contributed by atoms with Gasteiger partial charge >= 0.3 is 6.03 Å². The molecule has 2 N–H and O–H groups in total. The summed E-state index contributed by atoms with van der Waals surface area (Å²) in [5.41, 5.74) is 2.81. The first kappa shape index (κ1) is 11.0. The number of rotatable bonds is 3. The maximum Gasteiger partial charge on any atom is 0.314 e. The van der Waals surface area contributed by atoms with Crippen molar-refractivity contribution < 1.29 is 4.79 Å². The second kappa shape index (κ2) is 4.16. The largest absolute Gasteiger partial charge is 0.341 e. The summed E-state index contributed by atoms with van der Waals surface area (Å²) in [6, 6.07) is 8.52. The van der Waals surface area contributed by atoms with Crippen LogP contribution in [0.15, 0.2) is 24.3 Å². The molecular weight excluding hydrogens is 200 g/mol. The molecule has 1 aromatic carbocycles. The van der Waals surface area contributed by atoms with Gasteiger partial charge in [0.2, 0.25) is 0 Å². The lowest BCUT2D eigenvalue weighted by Gasteiger charge is -2.16. The number of urea groups is 1. The molecule has 86 valence electrons. The highest BCUT2D eigenvalue weighted by Crippen LogP contribution is 2.47. The van der Waals surface area contributed by atoms with Crippen LogP contribution in [0.3, 0.4) is 0 Å². The highest BCUT2D eigenvalue weighted by atomic mass is 16.2. The lowest BCUT2D eigenvalue weighted by Crippen LogP contribution is -2.38. The Bertz CT molecular complexity index is 379. The number of aryl methyl sites for hydroxylation is 1. The number of benzene rings is 1. The maximum absolute atomic E-state index is 11.1. The van der Waals surface area contributed by atoms with Crippen molar-refractivity contribution in [1.29, 1.82) is 0 Å². The molecular formula is C13H18N2O. The molecule has 1 aliphatic rings. The standard InChI is InChI=1S/C13H18N2O/c1-10-3-5-11(6-4-10)13(7-8-13)9-15-12(16)14-2/h3-6H,7-9H2,1-2H3,(H2,14,15,16). The normalized spacial score (nSPS) is 16.6. The Kier molecular flexibility index (Phi) is 2.86. The van der Waals surface area contributed by atoms with Gasteiger partial charge in [-0.15, -0.1) is 0 Å². The molecule has 3 nitrogen and oxygen atoms in total. The van der Waals surface area contributed by atoms with Gasteiger partial charge in [-0.1, -0.05) is 29.8 Å². The lowest BCUT2D eigenvalue weighted by atomic mass is 9.95. The Morgan fingerprint density at radius 1 is 1.31 bits per heavy atom. The molecule has 0 heterocycles. The minimum absolute atomic E-state index is 0.0987. The summed E-state index contributed by atoms with van der Waals surface area (Å²) in [6.45, 7) is 2.82. The Balaban J connectivity index is 2.02.